The number of hydrazone groups is 1. The predicted molar refractivity (Wildman–Crippen MR) is 97.8 cm³/mol. The van der Waals surface area contributed by atoms with Gasteiger partial charge in [-0.25, -0.2) is 5.43 Å². The first kappa shape index (κ1) is 18.1. The van der Waals surface area contributed by atoms with Crippen LogP contribution in [0.1, 0.15) is 18.1 Å². The zero-order valence-corrected chi connectivity index (χ0v) is 14.1. The molecule has 0 heterocycles. The number of rotatable bonds is 8. The van der Waals surface area contributed by atoms with Crippen LogP contribution in [-0.2, 0) is 11.2 Å². The quantitative estimate of drug-likeness (QED) is 0.458. The van der Waals surface area contributed by atoms with E-state index in [0.29, 0.717) is 12.4 Å². The molecule has 0 unspecified atom stereocenters. The van der Waals surface area contributed by atoms with Crippen molar-refractivity contribution in [1.29, 1.82) is 0 Å². The lowest BCUT2D eigenvalue weighted by Crippen LogP contribution is -2.19. The van der Waals surface area contributed by atoms with E-state index in [0.717, 1.165) is 16.9 Å². The number of benzene rings is 2. The average molecular weight is 336 g/mol. The summed E-state index contributed by atoms with van der Waals surface area (Å²) >= 11 is 0. The first-order valence-corrected chi connectivity index (χ1v) is 7.91. The minimum atomic E-state index is -0.186. The van der Waals surface area contributed by atoms with E-state index in [1.54, 1.807) is 18.3 Å². The van der Waals surface area contributed by atoms with Crippen molar-refractivity contribution in [2.24, 2.45) is 5.10 Å². The molecule has 0 aliphatic rings. The fraction of sp³-hybridized carbons (Fsp3) is 0.200. The van der Waals surface area contributed by atoms with Gasteiger partial charge in [0.1, 0.15) is 18.1 Å². The van der Waals surface area contributed by atoms with E-state index in [-0.39, 0.29) is 18.9 Å². The summed E-state index contributed by atoms with van der Waals surface area (Å²) in [6.45, 7) is 2.78. The Kier molecular flexibility index (Phi) is 7.08. The molecule has 0 fully saturated rings. The lowest BCUT2D eigenvalue weighted by atomic mass is 10.1. The number of nitrogens with zero attached hydrogens (tertiary/aromatic N) is 1. The summed E-state index contributed by atoms with van der Waals surface area (Å²) in [6.07, 6.45) is 6.96. The predicted octanol–water partition coefficient (Wildman–Crippen LogP) is 2.79. The molecule has 1 amide bonds. The number of amides is 1. The molecule has 0 atom stereocenters. The van der Waals surface area contributed by atoms with Crippen molar-refractivity contribution < 1.29 is 14.3 Å². The molecule has 5 nitrogen and oxygen atoms in total. The summed E-state index contributed by atoms with van der Waals surface area (Å²) in [5.41, 5.74) is 4.25. The number of carbonyl (C=O) groups excluding carboxylic acids is 1. The van der Waals surface area contributed by atoms with Crippen LogP contribution in [0.4, 0.5) is 0 Å². The van der Waals surface area contributed by atoms with Crippen LogP contribution in [0.25, 0.3) is 0 Å². The number of terminal acetylenes is 1. The Morgan fingerprint density at radius 2 is 1.76 bits per heavy atom. The van der Waals surface area contributed by atoms with Crippen molar-refractivity contribution in [3.8, 4) is 23.8 Å². The normalized spacial score (nSPS) is 10.2. The molecule has 0 radical (unpaired) electrons. The molecule has 2 aromatic carbocycles. The molecule has 5 heteroatoms. The van der Waals surface area contributed by atoms with Crippen LogP contribution < -0.4 is 14.9 Å². The summed E-state index contributed by atoms with van der Waals surface area (Å²) in [5.74, 6) is 3.70. The third-order valence-corrected chi connectivity index (χ3v) is 3.20. The van der Waals surface area contributed by atoms with Crippen LogP contribution in [-0.4, -0.2) is 25.3 Å². The molecular weight excluding hydrogens is 316 g/mol. The first-order chi connectivity index (χ1) is 12.2. The second-order valence-electron chi connectivity index (χ2n) is 5.11. The second kappa shape index (κ2) is 9.78. The molecule has 0 saturated carbocycles. The Bertz CT molecular complexity index is 744. The number of ether oxygens (including phenoxy) is 2. The topological polar surface area (TPSA) is 59.9 Å². The van der Waals surface area contributed by atoms with Gasteiger partial charge in [-0.3, -0.25) is 4.79 Å². The molecule has 0 aromatic heterocycles. The fourth-order valence-electron chi connectivity index (χ4n) is 2.05. The highest BCUT2D eigenvalue weighted by molar-refractivity contribution is 5.83. The standard InChI is InChI=1S/C20H20N2O3/c1-3-13-25-19-11-7-17(8-12-19)15-21-22-20(23)14-16-5-9-18(10-6-16)24-4-2/h1,5-12,15H,4,13-14H2,2H3,(H,22,23)/b21-15-. The van der Waals surface area contributed by atoms with Gasteiger partial charge in [0.15, 0.2) is 0 Å². The third-order valence-electron chi connectivity index (χ3n) is 3.20. The van der Waals surface area contributed by atoms with Crippen molar-refractivity contribution in [3.63, 3.8) is 0 Å². The number of carbonyl (C=O) groups is 1. The van der Waals surface area contributed by atoms with E-state index in [2.05, 4.69) is 16.4 Å². The minimum absolute atomic E-state index is 0.186. The smallest absolute Gasteiger partial charge is 0.244 e. The van der Waals surface area contributed by atoms with Gasteiger partial charge < -0.3 is 9.47 Å². The van der Waals surface area contributed by atoms with Gasteiger partial charge in [0.05, 0.1) is 19.2 Å². The van der Waals surface area contributed by atoms with Crippen LogP contribution in [0.2, 0.25) is 0 Å². The molecule has 128 valence electrons. The maximum atomic E-state index is 11.9. The maximum Gasteiger partial charge on any atom is 0.244 e. The minimum Gasteiger partial charge on any atom is -0.494 e. The van der Waals surface area contributed by atoms with Crippen LogP contribution >= 0.6 is 0 Å². The Balaban J connectivity index is 1.80. The zero-order valence-electron chi connectivity index (χ0n) is 14.1. The van der Waals surface area contributed by atoms with Gasteiger partial charge >= 0.3 is 0 Å². The SMILES string of the molecule is C#CCOc1ccc(/C=N\NC(=O)Cc2ccc(OCC)cc2)cc1. The van der Waals surface area contributed by atoms with Gasteiger partial charge in [-0.2, -0.15) is 5.10 Å². The van der Waals surface area contributed by atoms with Crippen molar-refractivity contribution in [2.75, 3.05) is 13.2 Å². The molecule has 0 aliphatic carbocycles. The van der Waals surface area contributed by atoms with Gasteiger partial charge in [-0.05, 0) is 54.4 Å². The van der Waals surface area contributed by atoms with E-state index < -0.39 is 0 Å². The molecular formula is C20H20N2O3. The summed E-state index contributed by atoms with van der Waals surface area (Å²) < 4.78 is 10.7. The highest BCUT2D eigenvalue weighted by Gasteiger charge is 2.02. The van der Waals surface area contributed by atoms with E-state index in [1.165, 1.54) is 0 Å². The number of hydrogen-bond donors (Lipinski definition) is 1. The zero-order chi connectivity index (χ0) is 17.9. The van der Waals surface area contributed by atoms with Crippen LogP contribution in [0.15, 0.2) is 53.6 Å². The Hall–Kier alpha value is -3.26. The van der Waals surface area contributed by atoms with Crippen LogP contribution in [0, 0.1) is 12.3 Å². The average Bonchev–Trinajstić information content (AvgIpc) is 2.63. The van der Waals surface area contributed by atoms with Gasteiger partial charge in [0, 0.05) is 0 Å². The maximum absolute atomic E-state index is 11.9. The summed E-state index contributed by atoms with van der Waals surface area (Å²) in [4.78, 5) is 11.9. The summed E-state index contributed by atoms with van der Waals surface area (Å²) in [5, 5.41) is 3.95. The number of nitrogens with one attached hydrogen (secondary N) is 1. The fourth-order valence-corrected chi connectivity index (χ4v) is 2.05. The van der Waals surface area contributed by atoms with Crippen molar-refractivity contribution in [2.45, 2.75) is 13.3 Å². The summed E-state index contributed by atoms with van der Waals surface area (Å²) in [6, 6.07) is 14.7. The highest BCUT2D eigenvalue weighted by atomic mass is 16.5. The molecule has 0 spiro atoms. The molecule has 0 aliphatic heterocycles. The van der Waals surface area contributed by atoms with Gasteiger partial charge in [0.2, 0.25) is 5.91 Å². The monoisotopic (exact) mass is 336 g/mol. The van der Waals surface area contributed by atoms with Crippen LogP contribution in [0.5, 0.6) is 11.5 Å². The Labute approximate surface area is 147 Å². The van der Waals surface area contributed by atoms with Crippen LogP contribution in [0.3, 0.4) is 0 Å². The van der Waals surface area contributed by atoms with E-state index >= 15 is 0 Å². The van der Waals surface area contributed by atoms with Gasteiger partial charge in [-0.15, -0.1) is 6.42 Å². The molecule has 2 aromatic rings. The largest absolute Gasteiger partial charge is 0.494 e. The first-order valence-electron chi connectivity index (χ1n) is 7.91. The Morgan fingerprint density at radius 3 is 2.40 bits per heavy atom. The van der Waals surface area contributed by atoms with E-state index in [1.807, 2.05) is 43.3 Å². The third kappa shape index (κ3) is 6.40. The summed E-state index contributed by atoms with van der Waals surface area (Å²) in [7, 11) is 0. The molecule has 2 rings (SSSR count). The van der Waals surface area contributed by atoms with Gasteiger partial charge in [0.25, 0.3) is 0 Å². The molecule has 1 N–H and O–H groups in total. The highest BCUT2D eigenvalue weighted by Crippen LogP contribution is 2.12. The van der Waals surface area contributed by atoms with Gasteiger partial charge in [-0.1, -0.05) is 18.1 Å². The second-order valence-corrected chi connectivity index (χ2v) is 5.11. The van der Waals surface area contributed by atoms with Crippen molar-refractivity contribution in [1.82, 2.24) is 5.43 Å². The lowest BCUT2D eigenvalue weighted by molar-refractivity contribution is -0.120. The lowest BCUT2D eigenvalue weighted by Gasteiger charge is -2.04. The van der Waals surface area contributed by atoms with Crippen molar-refractivity contribution >= 4 is 12.1 Å². The Morgan fingerprint density at radius 1 is 1.12 bits per heavy atom. The van der Waals surface area contributed by atoms with E-state index in [4.69, 9.17) is 15.9 Å². The molecule has 0 saturated heterocycles. The number of hydrogen-bond acceptors (Lipinski definition) is 4. The molecule has 0 bridgehead atoms. The molecule has 25 heavy (non-hydrogen) atoms. The van der Waals surface area contributed by atoms with Crippen molar-refractivity contribution in [3.05, 3.63) is 59.7 Å². The van der Waals surface area contributed by atoms with E-state index in [9.17, 15) is 4.79 Å².